The van der Waals surface area contributed by atoms with Crippen molar-refractivity contribution in [2.45, 2.75) is 13.3 Å². The van der Waals surface area contributed by atoms with Gasteiger partial charge in [0.25, 0.3) is 5.91 Å². The highest BCUT2D eigenvalue weighted by Gasteiger charge is 2.19. The van der Waals surface area contributed by atoms with Gasteiger partial charge in [-0.25, -0.2) is 9.07 Å². The molecular weight excluding hydrogens is 349 g/mol. The summed E-state index contributed by atoms with van der Waals surface area (Å²) in [5, 5.41) is 7.12. The molecule has 0 saturated carbocycles. The van der Waals surface area contributed by atoms with E-state index in [1.807, 2.05) is 6.92 Å². The molecule has 1 heterocycles. The van der Waals surface area contributed by atoms with Gasteiger partial charge in [-0.2, -0.15) is 5.10 Å². The van der Waals surface area contributed by atoms with Gasteiger partial charge in [0, 0.05) is 5.69 Å². The van der Waals surface area contributed by atoms with Crippen molar-refractivity contribution in [3.8, 4) is 17.2 Å². The van der Waals surface area contributed by atoms with Crippen LogP contribution in [0.3, 0.4) is 0 Å². The summed E-state index contributed by atoms with van der Waals surface area (Å²) in [4.78, 5) is 12.7. The fourth-order valence-corrected chi connectivity index (χ4v) is 2.42. The molecule has 3 rings (SSSR count). The maximum atomic E-state index is 13.2. The Hall–Kier alpha value is -3.35. The zero-order valence-electron chi connectivity index (χ0n) is 15.1. The number of halogens is 1. The molecule has 7 heteroatoms. The molecule has 140 valence electrons. The van der Waals surface area contributed by atoms with Crippen LogP contribution in [0.25, 0.3) is 5.69 Å². The molecule has 1 amide bonds. The van der Waals surface area contributed by atoms with E-state index in [0.29, 0.717) is 29.5 Å². The third-order valence-electron chi connectivity index (χ3n) is 3.80. The van der Waals surface area contributed by atoms with Crippen LogP contribution >= 0.6 is 0 Å². The van der Waals surface area contributed by atoms with Gasteiger partial charge >= 0.3 is 0 Å². The molecule has 2 aromatic carbocycles. The zero-order valence-corrected chi connectivity index (χ0v) is 15.1. The van der Waals surface area contributed by atoms with E-state index in [4.69, 9.17) is 9.47 Å². The summed E-state index contributed by atoms with van der Waals surface area (Å²) in [5.74, 6) is 0.325. The molecule has 0 aliphatic rings. The number of carbonyl (C=O) groups is 1. The number of methoxy groups -OCH3 is 1. The molecule has 3 aromatic rings. The summed E-state index contributed by atoms with van der Waals surface area (Å²) in [6.07, 6.45) is 2.41. The fourth-order valence-electron chi connectivity index (χ4n) is 2.42. The number of hydrogen-bond acceptors (Lipinski definition) is 4. The number of aromatic nitrogens is 2. The van der Waals surface area contributed by atoms with E-state index in [9.17, 15) is 9.18 Å². The van der Waals surface area contributed by atoms with Crippen molar-refractivity contribution in [3.05, 3.63) is 66.2 Å². The number of anilines is 1. The van der Waals surface area contributed by atoms with Crippen LogP contribution in [0.5, 0.6) is 11.5 Å². The van der Waals surface area contributed by atoms with Gasteiger partial charge in [0.2, 0.25) is 0 Å². The van der Waals surface area contributed by atoms with E-state index < -0.39 is 5.91 Å². The first-order valence-electron chi connectivity index (χ1n) is 8.54. The monoisotopic (exact) mass is 369 g/mol. The topological polar surface area (TPSA) is 65.4 Å². The molecule has 1 N–H and O–H groups in total. The SMILES string of the molecule is CCCOc1cn(-c2ccc(F)cc2)nc1C(=O)Nc1ccc(OC)cc1. The van der Waals surface area contributed by atoms with E-state index in [0.717, 1.165) is 6.42 Å². The first-order valence-corrected chi connectivity index (χ1v) is 8.54. The van der Waals surface area contributed by atoms with Crippen LogP contribution in [0.1, 0.15) is 23.8 Å². The lowest BCUT2D eigenvalue weighted by Crippen LogP contribution is -2.14. The van der Waals surface area contributed by atoms with Gasteiger partial charge in [0.15, 0.2) is 11.4 Å². The van der Waals surface area contributed by atoms with E-state index in [-0.39, 0.29) is 11.5 Å². The number of rotatable bonds is 7. The van der Waals surface area contributed by atoms with Gasteiger partial charge in [-0.3, -0.25) is 4.79 Å². The van der Waals surface area contributed by atoms with Gasteiger partial charge in [-0.05, 0) is 55.0 Å². The second kappa shape index (κ2) is 8.35. The summed E-state index contributed by atoms with van der Waals surface area (Å²) < 4.78 is 25.4. The standard InChI is InChI=1S/C20H20FN3O3/c1-3-12-27-18-13-24(16-8-4-14(21)5-9-16)23-19(18)20(25)22-15-6-10-17(26-2)11-7-15/h4-11,13H,3,12H2,1-2H3,(H,22,25). The Morgan fingerprint density at radius 1 is 1.15 bits per heavy atom. The average Bonchev–Trinajstić information content (AvgIpc) is 3.12. The van der Waals surface area contributed by atoms with Crippen molar-refractivity contribution >= 4 is 11.6 Å². The van der Waals surface area contributed by atoms with Crippen LogP contribution in [-0.4, -0.2) is 29.4 Å². The molecule has 0 saturated heterocycles. The Bertz CT molecular complexity index is 905. The fraction of sp³-hybridized carbons (Fsp3) is 0.200. The lowest BCUT2D eigenvalue weighted by atomic mass is 10.3. The van der Waals surface area contributed by atoms with E-state index in [1.54, 1.807) is 49.7 Å². The molecular formula is C20H20FN3O3. The van der Waals surface area contributed by atoms with Gasteiger partial charge < -0.3 is 14.8 Å². The van der Waals surface area contributed by atoms with E-state index in [2.05, 4.69) is 10.4 Å². The first kappa shape index (κ1) is 18.4. The maximum Gasteiger partial charge on any atom is 0.280 e. The summed E-state index contributed by atoms with van der Waals surface area (Å²) in [6, 6.07) is 12.8. The Morgan fingerprint density at radius 3 is 2.48 bits per heavy atom. The smallest absolute Gasteiger partial charge is 0.280 e. The Balaban J connectivity index is 1.86. The van der Waals surface area contributed by atoms with Crippen LogP contribution < -0.4 is 14.8 Å². The quantitative estimate of drug-likeness (QED) is 0.682. The first-order chi connectivity index (χ1) is 13.1. The predicted molar refractivity (Wildman–Crippen MR) is 100 cm³/mol. The van der Waals surface area contributed by atoms with Crippen LogP contribution in [0, 0.1) is 5.82 Å². The number of carbonyl (C=O) groups excluding carboxylic acids is 1. The van der Waals surface area contributed by atoms with Crippen LogP contribution in [0.4, 0.5) is 10.1 Å². The van der Waals surface area contributed by atoms with Crippen molar-refractivity contribution in [1.29, 1.82) is 0 Å². The highest BCUT2D eigenvalue weighted by atomic mass is 19.1. The lowest BCUT2D eigenvalue weighted by molar-refractivity contribution is 0.101. The van der Waals surface area contributed by atoms with Gasteiger partial charge in [0.05, 0.1) is 25.6 Å². The van der Waals surface area contributed by atoms with E-state index >= 15 is 0 Å². The minimum Gasteiger partial charge on any atom is -0.497 e. The van der Waals surface area contributed by atoms with Gasteiger partial charge in [-0.1, -0.05) is 6.92 Å². The highest BCUT2D eigenvalue weighted by molar-refractivity contribution is 6.04. The highest BCUT2D eigenvalue weighted by Crippen LogP contribution is 2.22. The third kappa shape index (κ3) is 4.44. The summed E-state index contributed by atoms with van der Waals surface area (Å²) in [6.45, 7) is 2.43. The van der Waals surface area contributed by atoms with Crippen molar-refractivity contribution < 1.29 is 18.7 Å². The van der Waals surface area contributed by atoms with Gasteiger partial charge in [0.1, 0.15) is 11.6 Å². The predicted octanol–water partition coefficient (Wildman–Crippen LogP) is 4.06. The number of nitrogens with zero attached hydrogens (tertiary/aromatic N) is 2. The normalized spacial score (nSPS) is 10.5. The molecule has 0 fully saturated rings. The van der Waals surface area contributed by atoms with Crippen LogP contribution in [0.15, 0.2) is 54.7 Å². The average molecular weight is 369 g/mol. The molecule has 6 nitrogen and oxygen atoms in total. The molecule has 0 spiro atoms. The maximum absolute atomic E-state index is 13.2. The molecule has 0 aliphatic heterocycles. The summed E-state index contributed by atoms with van der Waals surface area (Å²) in [5.41, 5.74) is 1.39. The van der Waals surface area contributed by atoms with Crippen molar-refractivity contribution in [3.63, 3.8) is 0 Å². The number of benzene rings is 2. The van der Waals surface area contributed by atoms with Crippen LogP contribution in [-0.2, 0) is 0 Å². The molecule has 1 aromatic heterocycles. The molecule has 0 radical (unpaired) electrons. The lowest BCUT2D eigenvalue weighted by Gasteiger charge is -2.07. The number of ether oxygens (including phenoxy) is 2. The van der Waals surface area contributed by atoms with Crippen molar-refractivity contribution in [2.75, 3.05) is 19.0 Å². The second-order valence-corrected chi connectivity index (χ2v) is 5.79. The minimum atomic E-state index is -0.396. The molecule has 0 atom stereocenters. The zero-order chi connectivity index (χ0) is 19.2. The summed E-state index contributed by atoms with van der Waals surface area (Å²) >= 11 is 0. The van der Waals surface area contributed by atoms with Crippen LogP contribution in [0.2, 0.25) is 0 Å². The Labute approximate surface area is 156 Å². The van der Waals surface area contributed by atoms with Crippen molar-refractivity contribution in [2.24, 2.45) is 0 Å². The number of hydrogen-bond donors (Lipinski definition) is 1. The third-order valence-corrected chi connectivity index (χ3v) is 3.80. The number of nitrogens with one attached hydrogen (secondary N) is 1. The molecule has 0 aliphatic carbocycles. The molecule has 0 bridgehead atoms. The molecule has 0 unspecified atom stereocenters. The van der Waals surface area contributed by atoms with Crippen molar-refractivity contribution in [1.82, 2.24) is 9.78 Å². The number of amides is 1. The largest absolute Gasteiger partial charge is 0.497 e. The molecule has 27 heavy (non-hydrogen) atoms. The van der Waals surface area contributed by atoms with Gasteiger partial charge in [-0.15, -0.1) is 0 Å². The summed E-state index contributed by atoms with van der Waals surface area (Å²) in [7, 11) is 1.58. The Kier molecular flexibility index (Phi) is 5.71. The second-order valence-electron chi connectivity index (χ2n) is 5.79. The Morgan fingerprint density at radius 2 is 1.85 bits per heavy atom. The van der Waals surface area contributed by atoms with E-state index in [1.165, 1.54) is 16.8 Å². The minimum absolute atomic E-state index is 0.156.